The van der Waals surface area contributed by atoms with Gasteiger partial charge in [0.25, 0.3) is 0 Å². The van der Waals surface area contributed by atoms with E-state index in [4.69, 9.17) is 5.11 Å². The summed E-state index contributed by atoms with van der Waals surface area (Å²) in [6, 6.07) is -0.0815. The summed E-state index contributed by atoms with van der Waals surface area (Å²) in [5.74, 6) is -0.315. The summed E-state index contributed by atoms with van der Waals surface area (Å²) >= 11 is 0. The molecule has 1 heterocycles. The second-order valence-electron chi connectivity index (χ2n) is 5.59. The van der Waals surface area contributed by atoms with E-state index in [2.05, 4.69) is 18.7 Å². The highest BCUT2D eigenvalue weighted by molar-refractivity contribution is 5.83. The molecule has 0 bridgehead atoms. The van der Waals surface area contributed by atoms with Gasteiger partial charge in [-0.05, 0) is 19.3 Å². The standard InChI is InChI=1S/C13H24N2O3/c1-9(2)7-15-8-10(3)14(4)13(18)11(15)5-6-12(16)17/h9-11H,5-8H2,1-4H3,(H,16,17). The Balaban J connectivity index is 2.75. The fourth-order valence-corrected chi connectivity index (χ4v) is 2.43. The van der Waals surface area contributed by atoms with Crippen LogP contribution in [0.5, 0.6) is 0 Å². The van der Waals surface area contributed by atoms with Crippen LogP contribution in [0.4, 0.5) is 0 Å². The molecule has 0 spiro atoms. The molecule has 0 aromatic heterocycles. The average molecular weight is 256 g/mol. The van der Waals surface area contributed by atoms with Gasteiger partial charge in [-0.3, -0.25) is 14.5 Å². The molecule has 1 rings (SSSR count). The van der Waals surface area contributed by atoms with Crippen molar-refractivity contribution in [3.8, 4) is 0 Å². The van der Waals surface area contributed by atoms with Crippen molar-refractivity contribution in [3.63, 3.8) is 0 Å². The molecule has 1 N–H and O–H groups in total. The van der Waals surface area contributed by atoms with Gasteiger partial charge < -0.3 is 10.0 Å². The molecule has 1 fully saturated rings. The van der Waals surface area contributed by atoms with Crippen LogP contribution in [0.2, 0.25) is 0 Å². The van der Waals surface area contributed by atoms with Gasteiger partial charge in [-0.2, -0.15) is 0 Å². The lowest BCUT2D eigenvalue weighted by molar-refractivity contribution is -0.145. The molecule has 5 heteroatoms. The Morgan fingerprint density at radius 1 is 1.50 bits per heavy atom. The van der Waals surface area contributed by atoms with E-state index in [0.29, 0.717) is 12.3 Å². The monoisotopic (exact) mass is 256 g/mol. The van der Waals surface area contributed by atoms with Crippen LogP contribution in [0.15, 0.2) is 0 Å². The first kappa shape index (κ1) is 15.0. The highest BCUT2D eigenvalue weighted by atomic mass is 16.4. The van der Waals surface area contributed by atoms with Gasteiger partial charge in [-0.1, -0.05) is 13.8 Å². The predicted octanol–water partition coefficient (Wildman–Crippen LogP) is 1.04. The minimum atomic E-state index is -0.839. The normalized spacial score (nSPS) is 25.8. The summed E-state index contributed by atoms with van der Waals surface area (Å²) in [4.78, 5) is 26.8. The largest absolute Gasteiger partial charge is 0.481 e. The summed E-state index contributed by atoms with van der Waals surface area (Å²) in [5, 5.41) is 8.77. The number of carbonyl (C=O) groups is 2. The van der Waals surface area contributed by atoms with Crippen LogP contribution in [0.25, 0.3) is 0 Å². The third-order valence-electron chi connectivity index (χ3n) is 3.46. The van der Waals surface area contributed by atoms with Crippen LogP contribution in [0, 0.1) is 5.92 Å². The van der Waals surface area contributed by atoms with Gasteiger partial charge in [0.05, 0.1) is 6.04 Å². The number of carbonyl (C=O) groups excluding carboxylic acids is 1. The number of nitrogens with zero attached hydrogens (tertiary/aromatic N) is 2. The van der Waals surface area contributed by atoms with Crippen molar-refractivity contribution in [1.82, 2.24) is 9.80 Å². The summed E-state index contributed by atoms with van der Waals surface area (Å²) in [7, 11) is 1.80. The number of carboxylic acid groups (broad SMARTS) is 1. The molecule has 0 radical (unpaired) electrons. The van der Waals surface area contributed by atoms with E-state index in [1.165, 1.54) is 0 Å². The topological polar surface area (TPSA) is 60.9 Å². The number of carboxylic acids is 1. The zero-order valence-corrected chi connectivity index (χ0v) is 11.7. The smallest absolute Gasteiger partial charge is 0.303 e. The number of amides is 1. The minimum Gasteiger partial charge on any atom is -0.481 e. The number of piperazine rings is 1. The Hall–Kier alpha value is -1.10. The van der Waals surface area contributed by atoms with Crippen molar-refractivity contribution in [2.75, 3.05) is 20.1 Å². The van der Waals surface area contributed by atoms with Crippen LogP contribution < -0.4 is 0 Å². The Morgan fingerprint density at radius 3 is 2.61 bits per heavy atom. The van der Waals surface area contributed by atoms with Crippen LogP contribution in [-0.2, 0) is 9.59 Å². The maximum absolute atomic E-state index is 12.2. The molecule has 1 saturated heterocycles. The molecule has 0 aromatic carbocycles. The van der Waals surface area contributed by atoms with E-state index < -0.39 is 5.97 Å². The molecule has 2 unspecified atom stereocenters. The van der Waals surface area contributed by atoms with Gasteiger partial charge in [0.1, 0.15) is 0 Å². The molecule has 0 aromatic rings. The summed E-state index contributed by atoms with van der Waals surface area (Å²) in [6.07, 6.45) is 0.450. The number of hydrogen-bond acceptors (Lipinski definition) is 3. The minimum absolute atomic E-state index is 0.0488. The third kappa shape index (κ3) is 3.70. The van der Waals surface area contributed by atoms with Crippen LogP contribution in [0.3, 0.4) is 0 Å². The SMILES string of the molecule is CC(C)CN1CC(C)N(C)C(=O)C1CCC(=O)O. The lowest BCUT2D eigenvalue weighted by Gasteiger charge is -2.43. The fraction of sp³-hybridized carbons (Fsp3) is 0.846. The van der Waals surface area contributed by atoms with E-state index in [1.54, 1.807) is 11.9 Å². The second-order valence-corrected chi connectivity index (χ2v) is 5.59. The molecule has 0 aliphatic carbocycles. The van der Waals surface area contributed by atoms with Crippen molar-refractivity contribution in [3.05, 3.63) is 0 Å². The van der Waals surface area contributed by atoms with Gasteiger partial charge in [-0.15, -0.1) is 0 Å². The predicted molar refractivity (Wildman–Crippen MR) is 69.3 cm³/mol. The molecule has 1 amide bonds. The first-order chi connectivity index (χ1) is 8.32. The number of hydrogen-bond donors (Lipinski definition) is 1. The second kappa shape index (κ2) is 6.18. The lowest BCUT2D eigenvalue weighted by Crippen LogP contribution is -2.60. The Labute approximate surface area is 109 Å². The van der Waals surface area contributed by atoms with Crippen LogP contribution in [0.1, 0.15) is 33.6 Å². The molecule has 2 atom stereocenters. The molecule has 18 heavy (non-hydrogen) atoms. The van der Waals surface area contributed by atoms with Gasteiger partial charge >= 0.3 is 5.97 Å². The maximum Gasteiger partial charge on any atom is 0.303 e. The molecule has 1 aliphatic heterocycles. The maximum atomic E-state index is 12.2. The zero-order valence-electron chi connectivity index (χ0n) is 11.7. The highest BCUT2D eigenvalue weighted by Gasteiger charge is 2.36. The number of aliphatic carboxylic acids is 1. The molecule has 0 saturated carbocycles. The van der Waals surface area contributed by atoms with Crippen molar-refractivity contribution < 1.29 is 14.7 Å². The third-order valence-corrected chi connectivity index (χ3v) is 3.46. The Morgan fingerprint density at radius 2 is 2.11 bits per heavy atom. The lowest BCUT2D eigenvalue weighted by atomic mass is 10.0. The van der Waals surface area contributed by atoms with E-state index >= 15 is 0 Å². The zero-order chi connectivity index (χ0) is 13.9. The number of likely N-dealkylation sites (N-methyl/N-ethyl adjacent to an activating group) is 1. The summed E-state index contributed by atoms with van der Waals surface area (Å²) in [5.41, 5.74) is 0. The fourth-order valence-electron chi connectivity index (χ4n) is 2.43. The molecule has 104 valence electrons. The van der Waals surface area contributed by atoms with E-state index in [1.807, 2.05) is 6.92 Å². The molecule has 1 aliphatic rings. The van der Waals surface area contributed by atoms with Crippen LogP contribution in [-0.4, -0.2) is 59.0 Å². The van der Waals surface area contributed by atoms with E-state index in [0.717, 1.165) is 13.1 Å². The first-order valence-electron chi connectivity index (χ1n) is 6.55. The Bertz CT molecular complexity index is 317. The van der Waals surface area contributed by atoms with E-state index in [9.17, 15) is 9.59 Å². The van der Waals surface area contributed by atoms with E-state index in [-0.39, 0.29) is 24.4 Å². The van der Waals surface area contributed by atoms with Gasteiger partial charge in [0.2, 0.25) is 5.91 Å². The van der Waals surface area contributed by atoms with Crippen molar-refractivity contribution in [2.24, 2.45) is 5.92 Å². The Kier molecular flexibility index (Phi) is 5.14. The highest BCUT2D eigenvalue weighted by Crippen LogP contribution is 2.20. The summed E-state index contributed by atoms with van der Waals surface area (Å²) < 4.78 is 0. The number of rotatable bonds is 5. The van der Waals surface area contributed by atoms with Crippen molar-refractivity contribution in [2.45, 2.75) is 45.7 Å². The summed E-state index contributed by atoms with van der Waals surface area (Å²) in [6.45, 7) is 7.92. The molecular formula is C13H24N2O3. The van der Waals surface area contributed by atoms with Gasteiger partial charge in [0, 0.05) is 32.6 Å². The van der Waals surface area contributed by atoms with Gasteiger partial charge in [-0.25, -0.2) is 0 Å². The van der Waals surface area contributed by atoms with Crippen molar-refractivity contribution >= 4 is 11.9 Å². The molecular weight excluding hydrogens is 232 g/mol. The average Bonchev–Trinajstić information content (AvgIpc) is 2.24. The van der Waals surface area contributed by atoms with Gasteiger partial charge in [0.15, 0.2) is 0 Å². The molecule has 5 nitrogen and oxygen atoms in total. The van der Waals surface area contributed by atoms with Crippen molar-refractivity contribution in [1.29, 1.82) is 0 Å². The van der Waals surface area contributed by atoms with Crippen LogP contribution >= 0.6 is 0 Å². The quantitative estimate of drug-likeness (QED) is 0.798. The first-order valence-corrected chi connectivity index (χ1v) is 6.55.